The van der Waals surface area contributed by atoms with Crippen LogP contribution < -0.4 is 10.2 Å². The van der Waals surface area contributed by atoms with Gasteiger partial charge in [0.05, 0.1) is 39.9 Å². The zero-order valence-electron chi connectivity index (χ0n) is 46.3. The van der Waals surface area contributed by atoms with Gasteiger partial charge in [-0.3, -0.25) is 9.36 Å². The molecule has 0 saturated heterocycles. The molecule has 8 nitrogen and oxygen atoms in total. The predicted octanol–water partition coefficient (Wildman–Crippen LogP) is 17.3. The fourth-order valence-corrected chi connectivity index (χ4v) is 9.32. The minimum Gasteiger partial charge on any atom is -0.756 e. The SMILES string of the molecule is CCCCCCCC/C=C/CC/C=C/CC/C=C/C(O)C(COP(=O)([O-])OCC[N+](C)(C)C)NC(=O)CCCCCCCCCCCCCCCCC/C=C\CCCCCCCCCCCCCC. The number of likely N-dealkylation sites (N-methyl/N-ethyl adjacent to an activating group) is 1. The lowest BCUT2D eigenvalue weighted by Crippen LogP contribution is -2.45. The minimum atomic E-state index is -4.61. The quantitative estimate of drug-likeness (QED) is 0.0272. The molecule has 0 aromatic rings. The number of aliphatic hydroxyl groups is 1. The van der Waals surface area contributed by atoms with Gasteiger partial charge in [-0.15, -0.1) is 0 Å². The molecular formula is C60H115N2O6P. The summed E-state index contributed by atoms with van der Waals surface area (Å²) in [6.45, 7) is 4.63. The van der Waals surface area contributed by atoms with Crippen LogP contribution in [0.2, 0.25) is 0 Å². The number of phosphoric ester groups is 1. The Bertz CT molecular complexity index is 1260. The van der Waals surface area contributed by atoms with E-state index in [9.17, 15) is 19.4 Å². The molecule has 0 aromatic carbocycles. The third kappa shape index (κ3) is 54.1. The van der Waals surface area contributed by atoms with Gasteiger partial charge in [-0.05, 0) is 70.6 Å². The third-order valence-corrected chi connectivity index (χ3v) is 14.2. The predicted molar refractivity (Wildman–Crippen MR) is 298 cm³/mol. The molecule has 2 N–H and O–H groups in total. The van der Waals surface area contributed by atoms with E-state index in [1.165, 1.54) is 212 Å². The first-order chi connectivity index (χ1) is 33.5. The molecule has 1 amide bonds. The van der Waals surface area contributed by atoms with E-state index in [2.05, 4.69) is 55.6 Å². The molecule has 0 fully saturated rings. The van der Waals surface area contributed by atoms with Gasteiger partial charge >= 0.3 is 0 Å². The van der Waals surface area contributed by atoms with Crippen molar-refractivity contribution >= 4 is 13.7 Å². The number of aliphatic hydroxyl groups excluding tert-OH is 1. The average molecular weight is 992 g/mol. The van der Waals surface area contributed by atoms with Crippen LogP contribution in [0.25, 0.3) is 0 Å². The molecule has 3 atom stereocenters. The minimum absolute atomic E-state index is 0.00891. The smallest absolute Gasteiger partial charge is 0.268 e. The number of unbranched alkanes of at least 4 members (excludes halogenated alkanes) is 35. The molecule has 0 rings (SSSR count). The molecule has 0 spiro atoms. The largest absolute Gasteiger partial charge is 0.756 e. The lowest BCUT2D eigenvalue weighted by atomic mass is 10.0. The Kier molecular flexibility index (Phi) is 50.2. The van der Waals surface area contributed by atoms with Crippen molar-refractivity contribution in [3.05, 3.63) is 48.6 Å². The van der Waals surface area contributed by atoms with Crippen LogP contribution in [0.15, 0.2) is 48.6 Å². The molecule has 0 bridgehead atoms. The van der Waals surface area contributed by atoms with Gasteiger partial charge in [0.25, 0.3) is 7.82 Å². The molecule has 0 aliphatic carbocycles. The molecule has 0 saturated carbocycles. The Hall–Kier alpha value is -1.54. The maximum atomic E-state index is 13.0. The number of allylic oxidation sites excluding steroid dienone is 7. The van der Waals surface area contributed by atoms with E-state index in [-0.39, 0.29) is 12.5 Å². The Morgan fingerprint density at radius 1 is 0.493 bits per heavy atom. The van der Waals surface area contributed by atoms with Gasteiger partial charge in [0.2, 0.25) is 5.91 Å². The van der Waals surface area contributed by atoms with Crippen molar-refractivity contribution in [1.29, 1.82) is 0 Å². The van der Waals surface area contributed by atoms with E-state index < -0.39 is 26.6 Å². The van der Waals surface area contributed by atoms with Gasteiger partial charge in [0.15, 0.2) is 0 Å². The zero-order valence-corrected chi connectivity index (χ0v) is 47.2. The van der Waals surface area contributed by atoms with E-state index in [0.717, 1.165) is 44.9 Å². The number of hydrogen-bond donors (Lipinski definition) is 2. The average Bonchev–Trinajstić information content (AvgIpc) is 3.31. The van der Waals surface area contributed by atoms with Crippen LogP contribution in [0.1, 0.15) is 277 Å². The molecule has 9 heteroatoms. The Balaban J connectivity index is 4.11. The monoisotopic (exact) mass is 991 g/mol. The lowest BCUT2D eigenvalue weighted by Gasteiger charge is -2.29. The highest BCUT2D eigenvalue weighted by Crippen LogP contribution is 2.38. The Morgan fingerprint density at radius 2 is 0.812 bits per heavy atom. The maximum absolute atomic E-state index is 13.0. The van der Waals surface area contributed by atoms with E-state index in [4.69, 9.17) is 9.05 Å². The van der Waals surface area contributed by atoms with Crippen molar-refractivity contribution in [2.45, 2.75) is 289 Å². The van der Waals surface area contributed by atoms with Gasteiger partial charge in [-0.2, -0.15) is 0 Å². The van der Waals surface area contributed by atoms with Crippen molar-refractivity contribution < 1.29 is 32.9 Å². The summed E-state index contributed by atoms with van der Waals surface area (Å²) in [5, 5.41) is 13.8. The van der Waals surface area contributed by atoms with Crippen LogP contribution in [-0.4, -0.2) is 68.5 Å². The molecule has 0 heterocycles. The normalized spacial score (nSPS) is 14.2. The fourth-order valence-electron chi connectivity index (χ4n) is 8.59. The molecule has 3 unspecified atom stereocenters. The Labute approximate surface area is 429 Å². The second-order valence-corrected chi connectivity index (χ2v) is 22.7. The van der Waals surface area contributed by atoms with Gasteiger partial charge in [0, 0.05) is 6.42 Å². The molecule has 0 aromatic heterocycles. The molecule has 0 radical (unpaired) electrons. The van der Waals surface area contributed by atoms with Crippen LogP contribution in [0.4, 0.5) is 0 Å². The number of phosphoric acid groups is 1. The zero-order chi connectivity index (χ0) is 50.6. The number of carbonyl (C=O) groups excluding carboxylic acids is 1. The summed E-state index contributed by atoms with van der Waals surface area (Å²) in [5.41, 5.74) is 0. The summed E-state index contributed by atoms with van der Waals surface area (Å²) in [4.78, 5) is 25.5. The number of quaternary nitrogens is 1. The van der Waals surface area contributed by atoms with E-state index in [0.29, 0.717) is 17.4 Å². The van der Waals surface area contributed by atoms with Crippen molar-refractivity contribution in [3.8, 4) is 0 Å². The number of nitrogens with zero attached hydrogens (tertiary/aromatic N) is 1. The van der Waals surface area contributed by atoms with Crippen LogP contribution in [0.5, 0.6) is 0 Å². The van der Waals surface area contributed by atoms with Crippen molar-refractivity contribution in [2.75, 3.05) is 40.9 Å². The van der Waals surface area contributed by atoms with E-state index >= 15 is 0 Å². The van der Waals surface area contributed by atoms with Crippen LogP contribution in [0.3, 0.4) is 0 Å². The van der Waals surface area contributed by atoms with Crippen LogP contribution >= 0.6 is 7.82 Å². The molecule has 0 aliphatic heterocycles. The summed E-state index contributed by atoms with van der Waals surface area (Å²) in [5.74, 6) is -0.209. The number of amides is 1. The number of nitrogens with one attached hydrogen (secondary N) is 1. The third-order valence-electron chi connectivity index (χ3n) is 13.2. The number of carbonyl (C=O) groups is 1. The highest BCUT2D eigenvalue weighted by atomic mass is 31.2. The van der Waals surface area contributed by atoms with Crippen molar-refractivity contribution in [1.82, 2.24) is 5.32 Å². The molecule has 406 valence electrons. The lowest BCUT2D eigenvalue weighted by molar-refractivity contribution is -0.870. The summed E-state index contributed by atoms with van der Waals surface area (Å²) in [6, 6.07) is -0.909. The topological polar surface area (TPSA) is 108 Å². The number of rotatable bonds is 54. The van der Waals surface area contributed by atoms with Gasteiger partial charge in [-0.25, -0.2) is 0 Å². The molecule has 69 heavy (non-hydrogen) atoms. The first kappa shape index (κ1) is 67.5. The van der Waals surface area contributed by atoms with Gasteiger partial charge in [-0.1, -0.05) is 249 Å². The fraction of sp³-hybridized carbons (Fsp3) is 0.850. The second-order valence-electron chi connectivity index (χ2n) is 21.3. The maximum Gasteiger partial charge on any atom is 0.268 e. The molecular weight excluding hydrogens is 876 g/mol. The first-order valence-corrected chi connectivity index (χ1v) is 31.0. The summed E-state index contributed by atoms with van der Waals surface area (Å²) < 4.78 is 23.3. The van der Waals surface area contributed by atoms with Crippen molar-refractivity contribution in [3.63, 3.8) is 0 Å². The number of hydrogen-bond acceptors (Lipinski definition) is 6. The summed E-state index contributed by atoms with van der Waals surface area (Å²) in [7, 11) is 1.24. The van der Waals surface area contributed by atoms with E-state index in [1.54, 1.807) is 6.08 Å². The van der Waals surface area contributed by atoms with Crippen molar-refractivity contribution in [2.24, 2.45) is 0 Å². The first-order valence-electron chi connectivity index (χ1n) is 29.5. The van der Waals surface area contributed by atoms with Gasteiger partial charge < -0.3 is 28.8 Å². The second kappa shape index (κ2) is 51.4. The Morgan fingerprint density at radius 3 is 1.17 bits per heavy atom. The summed E-state index contributed by atoms with van der Waals surface area (Å²) >= 11 is 0. The highest BCUT2D eigenvalue weighted by Gasteiger charge is 2.23. The standard InChI is InChI=1S/C60H115N2O6P/c1-6-8-10-12-14-16-18-20-22-24-25-26-27-28-29-30-31-32-33-34-35-36-37-38-40-42-44-46-48-50-52-54-60(64)61-58(57-68-69(65,66)67-56-55-62(3,4)5)59(63)53-51-49-47-45-43-41-39-23-21-19-17-15-13-11-9-7-2/h21,23,28-29,43,45,51,53,58-59,63H,6-20,22,24-27,30-42,44,46-50,52,54-57H2,1-5H3,(H-,61,64,65,66)/b23-21+,29-28-,45-43+,53-51+. The van der Waals surface area contributed by atoms with E-state index in [1.807, 2.05) is 27.2 Å². The summed E-state index contributed by atoms with van der Waals surface area (Å²) in [6.07, 6.45) is 67.8. The molecule has 0 aliphatic rings. The van der Waals surface area contributed by atoms with Gasteiger partial charge in [0.1, 0.15) is 13.2 Å². The highest BCUT2D eigenvalue weighted by molar-refractivity contribution is 7.45. The van der Waals surface area contributed by atoms with Crippen LogP contribution in [0, 0.1) is 0 Å². The van der Waals surface area contributed by atoms with Crippen LogP contribution in [-0.2, 0) is 18.4 Å².